The largest absolute Gasteiger partial charge is 0.480 e. The van der Waals surface area contributed by atoms with E-state index in [4.69, 9.17) is 23.2 Å². The van der Waals surface area contributed by atoms with Crippen LogP contribution < -0.4 is 16.0 Å². The molecule has 0 unspecified atom stereocenters. The van der Waals surface area contributed by atoms with Gasteiger partial charge in [0.15, 0.2) is 11.5 Å². The highest BCUT2D eigenvalue weighted by molar-refractivity contribution is 6.39. The Labute approximate surface area is 269 Å². The summed E-state index contributed by atoms with van der Waals surface area (Å²) in [4.78, 5) is 38.5. The summed E-state index contributed by atoms with van der Waals surface area (Å²) in [6.45, 7) is 5.67. The third-order valence-corrected chi connectivity index (χ3v) is 8.50. The topological polar surface area (TPSA) is 147 Å². The van der Waals surface area contributed by atoms with Crippen LogP contribution in [0.2, 0.25) is 10.0 Å². The molecule has 13 heteroatoms. The van der Waals surface area contributed by atoms with E-state index in [1.165, 1.54) is 0 Å². The standard InChI is InChI=1S/C32H30Cl2N8O3/c1-17-36-23-12-6-14-35-28(23)29(37-17)38-21-10-4-8-18(26(21)33)19-9-5-11-22(27(19)34)39-30(43)24-16-25-20(13-7-15-42(25)41-24)40-32(2,3)31(44)45/h4-6,8-12,14,16,20,40H,7,13,15H2,1-3H3,(H,39,43)(H,44,45)(H,36,37,38)/t20-/m1/s1. The Morgan fingerprint density at radius 2 is 1.71 bits per heavy atom. The van der Waals surface area contributed by atoms with Crippen LogP contribution in [0.5, 0.6) is 0 Å². The molecule has 0 saturated carbocycles. The second-order valence-electron chi connectivity index (χ2n) is 11.4. The van der Waals surface area contributed by atoms with Gasteiger partial charge in [-0.05, 0) is 63.9 Å². The number of rotatable bonds is 8. The van der Waals surface area contributed by atoms with Crippen LogP contribution in [0.3, 0.4) is 0 Å². The van der Waals surface area contributed by atoms with Crippen LogP contribution in [0.15, 0.2) is 60.8 Å². The predicted molar refractivity (Wildman–Crippen MR) is 174 cm³/mol. The van der Waals surface area contributed by atoms with E-state index >= 15 is 0 Å². The fourth-order valence-corrected chi connectivity index (χ4v) is 5.95. The van der Waals surface area contributed by atoms with E-state index < -0.39 is 17.4 Å². The fourth-order valence-electron chi connectivity index (χ4n) is 5.40. The van der Waals surface area contributed by atoms with Gasteiger partial charge in [-0.2, -0.15) is 5.10 Å². The summed E-state index contributed by atoms with van der Waals surface area (Å²) in [5.41, 5.74) is 3.41. The molecule has 5 aromatic rings. The van der Waals surface area contributed by atoms with Gasteiger partial charge in [-0.25, -0.2) is 9.97 Å². The van der Waals surface area contributed by atoms with Crippen LogP contribution in [0, 0.1) is 6.92 Å². The molecule has 230 valence electrons. The van der Waals surface area contributed by atoms with Gasteiger partial charge in [0.2, 0.25) is 0 Å². The van der Waals surface area contributed by atoms with Crippen LogP contribution in [0.25, 0.3) is 22.2 Å². The number of carboxylic acids is 1. The highest BCUT2D eigenvalue weighted by Crippen LogP contribution is 2.41. The number of carbonyl (C=O) groups excluding carboxylic acids is 1. The first-order valence-electron chi connectivity index (χ1n) is 14.4. The molecule has 1 amide bonds. The molecule has 2 aromatic carbocycles. The Morgan fingerprint density at radius 1 is 1.00 bits per heavy atom. The summed E-state index contributed by atoms with van der Waals surface area (Å²) in [7, 11) is 0. The molecule has 45 heavy (non-hydrogen) atoms. The van der Waals surface area contributed by atoms with Crippen molar-refractivity contribution in [1.29, 1.82) is 0 Å². The van der Waals surface area contributed by atoms with Gasteiger partial charge in [0.25, 0.3) is 5.91 Å². The summed E-state index contributed by atoms with van der Waals surface area (Å²) < 4.78 is 1.75. The molecule has 6 rings (SSSR count). The van der Waals surface area contributed by atoms with Crippen molar-refractivity contribution in [2.75, 3.05) is 10.6 Å². The average Bonchev–Trinajstić information content (AvgIpc) is 3.45. The van der Waals surface area contributed by atoms with Gasteiger partial charge in [0.05, 0.1) is 38.7 Å². The molecule has 0 fully saturated rings. The number of aromatic nitrogens is 5. The number of pyridine rings is 1. The van der Waals surface area contributed by atoms with Gasteiger partial charge in [-0.3, -0.25) is 24.6 Å². The van der Waals surface area contributed by atoms with Crippen molar-refractivity contribution in [2.24, 2.45) is 0 Å². The second-order valence-corrected chi connectivity index (χ2v) is 12.1. The van der Waals surface area contributed by atoms with Crippen LogP contribution in [0.4, 0.5) is 17.2 Å². The predicted octanol–water partition coefficient (Wildman–Crippen LogP) is 6.79. The van der Waals surface area contributed by atoms with Crippen LogP contribution >= 0.6 is 23.2 Å². The lowest BCUT2D eigenvalue weighted by molar-refractivity contribution is -0.143. The summed E-state index contributed by atoms with van der Waals surface area (Å²) in [5.74, 6) is -0.280. The highest BCUT2D eigenvalue weighted by Gasteiger charge is 2.33. The first kappa shape index (κ1) is 30.4. The maximum absolute atomic E-state index is 13.4. The van der Waals surface area contributed by atoms with Crippen LogP contribution in [0.1, 0.15) is 54.7 Å². The van der Waals surface area contributed by atoms with Crippen LogP contribution in [-0.2, 0) is 11.3 Å². The lowest BCUT2D eigenvalue weighted by Crippen LogP contribution is -2.49. The zero-order valence-electron chi connectivity index (χ0n) is 24.7. The Bertz CT molecular complexity index is 1960. The van der Waals surface area contributed by atoms with E-state index in [1.54, 1.807) is 42.9 Å². The smallest absolute Gasteiger partial charge is 0.323 e. The Morgan fingerprint density at radius 3 is 2.44 bits per heavy atom. The molecule has 4 heterocycles. The number of nitrogens with zero attached hydrogens (tertiary/aromatic N) is 5. The number of anilines is 3. The third kappa shape index (κ3) is 6.06. The van der Waals surface area contributed by atoms with E-state index in [2.05, 4.69) is 36.0 Å². The van der Waals surface area contributed by atoms with Gasteiger partial charge < -0.3 is 15.7 Å². The minimum Gasteiger partial charge on any atom is -0.480 e. The van der Waals surface area contributed by atoms with E-state index in [-0.39, 0.29) is 11.7 Å². The molecule has 1 aliphatic heterocycles. The second kappa shape index (κ2) is 12.1. The molecular weight excluding hydrogens is 615 g/mol. The van der Waals surface area contributed by atoms with E-state index in [1.807, 2.05) is 43.3 Å². The molecule has 4 N–H and O–H groups in total. The Hall–Kier alpha value is -4.58. The van der Waals surface area contributed by atoms with Crippen molar-refractivity contribution < 1.29 is 14.7 Å². The molecule has 0 aliphatic carbocycles. The van der Waals surface area contributed by atoms with Gasteiger partial charge in [-0.15, -0.1) is 0 Å². The molecule has 1 aliphatic rings. The number of amides is 1. The van der Waals surface area contributed by atoms with E-state index in [0.29, 0.717) is 61.8 Å². The van der Waals surface area contributed by atoms with Gasteiger partial charge in [-0.1, -0.05) is 47.5 Å². The van der Waals surface area contributed by atoms with Crippen molar-refractivity contribution in [3.8, 4) is 11.1 Å². The number of hydrogen-bond acceptors (Lipinski definition) is 8. The number of nitrogens with one attached hydrogen (secondary N) is 3. The van der Waals surface area contributed by atoms with Crippen molar-refractivity contribution in [3.05, 3.63) is 88.1 Å². The maximum Gasteiger partial charge on any atom is 0.323 e. The van der Waals surface area contributed by atoms with E-state index in [9.17, 15) is 14.7 Å². The lowest BCUT2D eigenvalue weighted by atomic mass is 9.98. The average molecular weight is 646 g/mol. The molecule has 0 radical (unpaired) electrons. The van der Waals surface area contributed by atoms with Crippen molar-refractivity contribution in [1.82, 2.24) is 30.0 Å². The fraction of sp³-hybridized carbons (Fsp3) is 0.250. The molecule has 0 saturated heterocycles. The Kier molecular flexibility index (Phi) is 8.17. The molecule has 0 bridgehead atoms. The summed E-state index contributed by atoms with van der Waals surface area (Å²) in [6, 6.07) is 16.0. The minimum absolute atomic E-state index is 0.207. The quantitative estimate of drug-likeness (QED) is 0.143. The number of benzene rings is 2. The normalized spacial score (nSPS) is 14.6. The molecule has 3 aromatic heterocycles. The lowest BCUT2D eigenvalue weighted by Gasteiger charge is -2.31. The van der Waals surface area contributed by atoms with Crippen LogP contribution in [-0.4, -0.2) is 47.3 Å². The summed E-state index contributed by atoms with van der Waals surface area (Å²) in [6.07, 6.45) is 3.21. The monoisotopic (exact) mass is 644 g/mol. The molecule has 0 spiro atoms. The molecular formula is C32H30Cl2N8O3. The first-order valence-corrected chi connectivity index (χ1v) is 15.1. The van der Waals surface area contributed by atoms with Crippen molar-refractivity contribution in [2.45, 2.75) is 51.7 Å². The zero-order chi connectivity index (χ0) is 31.9. The third-order valence-electron chi connectivity index (χ3n) is 7.69. The van der Waals surface area contributed by atoms with Gasteiger partial charge in [0, 0.05) is 23.9 Å². The minimum atomic E-state index is -1.14. The van der Waals surface area contributed by atoms with Crippen molar-refractivity contribution >= 4 is 63.3 Å². The molecule has 11 nitrogen and oxygen atoms in total. The van der Waals surface area contributed by atoms with Gasteiger partial charge >= 0.3 is 5.97 Å². The Balaban J connectivity index is 1.26. The highest BCUT2D eigenvalue weighted by atomic mass is 35.5. The summed E-state index contributed by atoms with van der Waals surface area (Å²) in [5, 5.41) is 24.2. The summed E-state index contributed by atoms with van der Waals surface area (Å²) >= 11 is 13.8. The number of carbonyl (C=O) groups is 2. The number of fused-ring (bicyclic) bond motifs is 2. The zero-order valence-corrected chi connectivity index (χ0v) is 26.2. The van der Waals surface area contributed by atoms with Crippen molar-refractivity contribution in [3.63, 3.8) is 0 Å². The number of aliphatic carboxylic acids is 1. The number of carboxylic acid groups (broad SMARTS) is 1. The number of halogens is 2. The molecule has 1 atom stereocenters. The van der Waals surface area contributed by atoms with Gasteiger partial charge in [0.1, 0.15) is 16.9 Å². The SMILES string of the molecule is Cc1nc(Nc2cccc(-c3cccc(NC(=O)c4cc5n(n4)CCC[C@H]5NC(C)(C)C(=O)O)c3Cl)c2Cl)c2ncccc2n1. The number of hydrogen-bond donors (Lipinski definition) is 4. The van der Waals surface area contributed by atoms with E-state index in [0.717, 1.165) is 18.5 Å². The maximum atomic E-state index is 13.4. The first-order chi connectivity index (χ1) is 21.5. The number of aryl methyl sites for hydroxylation is 2.